The second-order valence-corrected chi connectivity index (χ2v) is 5.61. The zero-order valence-electron chi connectivity index (χ0n) is 10.7. The molecule has 4 heteroatoms. The third-order valence-electron chi connectivity index (χ3n) is 4.25. The zero-order valence-corrected chi connectivity index (χ0v) is 10.7. The van der Waals surface area contributed by atoms with Crippen molar-refractivity contribution in [3.8, 4) is 0 Å². The lowest BCUT2D eigenvalue weighted by atomic mass is 9.82. The molecule has 0 radical (unpaired) electrons. The number of anilines is 1. The molecule has 0 spiro atoms. The SMILES string of the molecule is CC1CCC(C)c2c(NC3CCNC3)n[nH]c21. The molecule has 1 aliphatic carbocycles. The fourth-order valence-electron chi connectivity index (χ4n) is 3.11. The summed E-state index contributed by atoms with van der Waals surface area (Å²) in [5.74, 6) is 2.37. The molecule has 0 bridgehead atoms. The van der Waals surface area contributed by atoms with Crippen LogP contribution in [0, 0.1) is 0 Å². The van der Waals surface area contributed by atoms with Crippen molar-refractivity contribution >= 4 is 5.82 Å². The molecule has 2 heterocycles. The first-order valence-electron chi connectivity index (χ1n) is 6.81. The van der Waals surface area contributed by atoms with Crippen LogP contribution in [0.4, 0.5) is 5.82 Å². The molecular formula is C13H22N4. The van der Waals surface area contributed by atoms with E-state index in [1.54, 1.807) is 0 Å². The van der Waals surface area contributed by atoms with Crippen LogP contribution in [0.15, 0.2) is 0 Å². The van der Waals surface area contributed by atoms with E-state index in [0.29, 0.717) is 17.9 Å². The highest BCUT2D eigenvalue weighted by Gasteiger charge is 2.28. The van der Waals surface area contributed by atoms with E-state index in [1.807, 2.05) is 0 Å². The van der Waals surface area contributed by atoms with Gasteiger partial charge in [0.15, 0.2) is 5.82 Å². The summed E-state index contributed by atoms with van der Waals surface area (Å²) in [4.78, 5) is 0. The number of rotatable bonds is 2. The molecule has 3 atom stereocenters. The summed E-state index contributed by atoms with van der Waals surface area (Å²) in [6.07, 6.45) is 3.76. The van der Waals surface area contributed by atoms with E-state index in [0.717, 1.165) is 18.9 Å². The van der Waals surface area contributed by atoms with E-state index in [4.69, 9.17) is 0 Å². The highest BCUT2D eigenvalue weighted by atomic mass is 15.2. The molecular weight excluding hydrogens is 212 g/mol. The fraction of sp³-hybridized carbons (Fsp3) is 0.769. The van der Waals surface area contributed by atoms with Gasteiger partial charge in [0.25, 0.3) is 0 Å². The predicted molar refractivity (Wildman–Crippen MR) is 69.5 cm³/mol. The van der Waals surface area contributed by atoms with Gasteiger partial charge in [0, 0.05) is 23.8 Å². The van der Waals surface area contributed by atoms with Gasteiger partial charge in [-0.05, 0) is 37.6 Å². The molecule has 3 rings (SSSR count). The van der Waals surface area contributed by atoms with E-state index in [1.165, 1.54) is 30.5 Å². The molecule has 17 heavy (non-hydrogen) atoms. The normalized spacial score (nSPS) is 32.5. The number of hydrogen-bond donors (Lipinski definition) is 3. The van der Waals surface area contributed by atoms with Crippen molar-refractivity contribution in [3.63, 3.8) is 0 Å². The minimum absolute atomic E-state index is 0.548. The lowest BCUT2D eigenvalue weighted by Gasteiger charge is -2.24. The van der Waals surface area contributed by atoms with Gasteiger partial charge in [0.05, 0.1) is 0 Å². The van der Waals surface area contributed by atoms with Gasteiger partial charge in [-0.2, -0.15) is 5.10 Å². The summed E-state index contributed by atoms with van der Waals surface area (Å²) >= 11 is 0. The number of nitrogens with zero attached hydrogens (tertiary/aromatic N) is 1. The predicted octanol–water partition coefficient (Wildman–Crippen LogP) is 2.18. The Labute approximate surface area is 103 Å². The Morgan fingerprint density at radius 1 is 1.18 bits per heavy atom. The smallest absolute Gasteiger partial charge is 0.151 e. The molecule has 2 aliphatic rings. The van der Waals surface area contributed by atoms with Gasteiger partial charge in [-0.3, -0.25) is 5.10 Å². The molecule has 0 aromatic carbocycles. The van der Waals surface area contributed by atoms with Gasteiger partial charge >= 0.3 is 0 Å². The van der Waals surface area contributed by atoms with Gasteiger partial charge < -0.3 is 10.6 Å². The zero-order chi connectivity index (χ0) is 11.8. The second-order valence-electron chi connectivity index (χ2n) is 5.61. The molecule has 1 fully saturated rings. The van der Waals surface area contributed by atoms with Crippen LogP contribution in [0.5, 0.6) is 0 Å². The van der Waals surface area contributed by atoms with Crippen LogP contribution in [0.2, 0.25) is 0 Å². The van der Waals surface area contributed by atoms with Crippen molar-refractivity contribution < 1.29 is 0 Å². The van der Waals surface area contributed by atoms with E-state index in [2.05, 4.69) is 34.7 Å². The largest absolute Gasteiger partial charge is 0.364 e. The Bertz CT molecular complexity index is 392. The third-order valence-corrected chi connectivity index (χ3v) is 4.25. The maximum atomic E-state index is 4.50. The lowest BCUT2D eigenvalue weighted by Crippen LogP contribution is -2.23. The van der Waals surface area contributed by atoms with Crippen LogP contribution in [0.1, 0.15) is 56.2 Å². The van der Waals surface area contributed by atoms with E-state index >= 15 is 0 Å². The highest BCUT2D eigenvalue weighted by molar-refractivity contribution is 5.51. The standard InChI is InChI=1S/C13H22N4/c1-8-3-4-9(2)12-11(8)13(17-16-12)15-10-5-6-14-7-10/h8-10,14H,3-7H2,1-2H3,(H2,15,16,17). The van der Waals surface area contributed by atoms with Gasteiger partial charge in [-0.1, -0.05) is 13.8 Å². The average Bonchev–Trinajstić information content (AvgIpc) is 2.94. The van der Waals surface area contributed by atoms with E-state index < -0.39 is 0 Å². The molecule has 0 amide bonds. The summed E-state index contributed by atoms with van der Waals surface area (Å²) in [7, 11) is 0. The van der Waals surface area contributed by atoms with Crippen molar-refractivity contribution in [1.29, 1.82) is 0 Å². The van der Waals surface area contributed by atoms with Gasteiger partial charge in [-0.15, -0.1) is 0 Å². The maximum Gasteiger partial charge on any atom is 0.151 e. The maximum absolute atomic E-state index is 4.50. The Balaban J connectivity index is 1.85. The van der Waals surface area contributed by atoms with Gasteiger partial charge in [0.1, 0.15) is 0 Å². The van der Waals surface area contributed by atoms with Crippen LogP contribution in [0.25, 0.3) is 0 Å². The first kappa shape index (κ1) is 11.1. The van der Waals surface area contributed by atoms with Crippen LogP contribution in [0.3, 0.4) is 0 Å². The molecule has 0 saturated carbocycles. The van der Waals surface area contributed by atoms with Crippen molar-refractivity contribution in [3.05, 3.63) is 11.3 Å². The van der Waals surface area contributed by atoms with Crippen molar-refractivity contribution in [1.82, 2.24) is 15.5 Å². The minimum atomic E-state index is 0.548. The van der Waals surface area contributed by atoms with Gasteiger partial charge in [0.2, 0.25) is 0 Å². The van der Waals surface area contributed by atoms with Crippen LogP contribution in [-0.2, 0) is 0 Å². The lowest BCUT2D eigenvalue weighted by molar-refractivity contribution is 0.520. The number of aromatic nitrogens is 2. The quantitative estimate of drug-likeness (QED) is 0.735. The third kappa shape index (κ3) is 1.95. The summed E-state index contributed by atoms with van der Waals surface area (Å²) in [5.41, 5.74) is 2.80. The molecule has 3 unspecified atom stereocenters. The average molecular weight is 234 g/mol. The van der Waals surface area contributed by atoms with Crippen LogP contribution >= 0.6 is 0 Å². The second kappa shape index (κ2) is 4.33. The molecule has 1 aromatic rings. The Kier molecular flexibility index (Phi) is 2.82. The number of nitrogens with one attached hydrogen (secondary N) is 3. The number of hydrogen-bond acceptors (Lipinski definition) is 3. The molecule has 1 saturated heterocycles. The van der Waals surface area contributed by atoms with Gasteiger partial charge in [-0.25, -0.2) is 0 Å². The summed E-state index contributed by atoms with van der Waals surface area (Å²) in [6, 6.07) is 0.548. The monoisotopic (exact) mass is 234 g/mol. The number of aromatic amines is 1. The molecule has 94 valence electrons. The fourth-order valence-corrected chi connectivity index (χ4v) is 3.11. The summed E-state index contributed by atoms with van der Waals surface area (Å²) in [6.45, 7) is 6.80. The molecule has 3 N–H and O–H groups in total. The summed E-state index contributed by atoms with van der Waals surface area (Å²) in [5, 5.41) is 14.7. The van der Waals surface area contributed by atoms with Crippen LogP contribution < -0.4 is 10.6 Å². The van der Waals surface area contributed by atoms with Crippen molar-refractivity contribution in [2.24, 2.45) is 0 Å². The number of fused-ring (bicyclic) bond motifs is 1. The Morgan fingerprint density at radius 2 is 2.00 bits per heavy atom. The number of H-pyrrole nitrogens is 1. The topological polar surface area (TPSA) is 52.7 Å². The van der Waals surface area contributed by atoms with Crippen LogP contribution in [-0.4, -0.2) is 29.3 Å². The van der Waals surface area contributed by atoms with Crippen molar-refractivity contribution in [2.45, 2.75) is 51.0 Å². The highest BCUT2D eigenvalue weighted by Crippen LogP contribution is 2.40. The Morgan fingerprint density at radius 3 is 2.76 bits per heavy atom. The molecule has 4 nitrogen and oxygen atoms in total. The van der Waals surface area contributed by atoms with Crippen molar-refractivity contribution in [2.75, 3.05) is 18.4 Å². The first-order valence-corrected chi connectivity index (χ1v) is 6.81. The molecule has 1 aromatic heterocycles. The minimum Gasteiger partial charge on any atom is -0.364 e. The van der Waals surface area contributed by atoms with E-state index in [-0.39, 0.29) is 0 Å². The van der Waals surface area contributed by atoms with E-state index in [9.17, 15) is 0 Å². The summed E-state index contributed by atoms with van der Waals surface area (Å²) < 4.78 is 0. The first-order chi connectivity index (χ1) is 8.25. The molecule has 1 aliphatic heterocycles. The Hall–Kier alpha value is -1.03.